The van der Waals surface area contributed by atoms with Crippen LogP contribution in [0.15, 0.2) is 23.0 Å². The Morgan fingerprint density at radius 2 is 1.83 bits per heavy atom. The molecule has 0 bridgehead atoms. The van der Waals surface area contributed by atoms with Gasteiger partial charge in [0.25, 0.3) is 11.5 Å². The summed E-state index contributed by atoms with van der Waals surface area (Å²) in [5.74, 6) is 0.500. The smallest absolute Gasteiger partial charge is 0.253 e. The number of carbonyl (C=O) groups is 1. The first-order valence-corrected chi connectivity index (χ1v) is 12.9. The van der Waals surface area contributed by atoms with Gasteiger partial charge >= 0.3 is 0 Å². The molecule has 1 amide bonds. The van der Waals surface area contributed by atoms with E-state index in [4.69, 9.17) is 9.47 Å². The van der Waals surface area contributed by atoms with E-state index in [-0.39, 0.29) is 24.1 Å². The maximum atomic E-state index is 13.4. The molecule has 192 valence electrons. The number of pyridine rings is 1. The maximum absolute atomic E-state index is 13.4. The van der Waals surface area contributed by atoms with Crippen molar-refractivity contribution in [2.75, 3.05) is 24.7 Å². The van der Waals surface area contributed by atoms with E-state index in [1.54, 1.807) is 0 Å². The third-order valence-electron chi connectivity index (χ3n) is 7.01. The number of anilines is 1. The molecular formula is C28H41N3O4. The van der Waals surface area contributed by atoms with Crippen LogP contribution in [0.5, 0.6) is 5.75 Å². The largest absolute Gasteiger partial charge is 0.490 e. The summed E-state index contributed by atoms with van der Waals surface area (Å²) < 4.78 is 11.9. The fourth-order valence-corrected chi connectivity index (χ4v) is 4.91. The standard InChI is InChI=1S/C28H41N3O4/c1-7-22(8-2)35-23-15-24(27(32)29-17-25-18(4)14-19(5)30-28(25)33)20(6)26(16-23)31(9-3)21-10-12-34-13-11-21/h14-16,21-22H,7-13,17H2,1-6H3,(H,29,32)(H,30,33). The Bertz CT molecular complexity index is 1070. The molecule has 0 unspecified atom stereocenters. The predicted molar refractivity (Wildman–Crippen MR) is 141 cm³/mol. The highest BCUT2D eigenvalue weighted by Crippen LogP contribution is 2.33. The molecule has 1 aromatic heterocycles. The molecule has 0 radical (unpaired) electrons. The van der Waals surface area contributed by atoms with Crippen LogP contribution in [0, 0.1) is 20.8 Å². The third kappa shape index (κ3) is 6.45. The number of aryl methyl sites for hydroxylation is 2. The molecule has 7 nitrogen and oxygen atoms in total. The monoisotopic (exact) mass is 483 g/mol. The first-order valence-electron chi connectivity index (χ1n) is 12.9. The summed E-state index contributed by atoms with van der Waals surface area (Å²) in [7, 11) is 0. The molecule has 0 aliphatic carbocycles. The predicted octanol–water partition coefficient (Wildman–Crippen LogP) is 4.80. The summed E-state index contributed by atoms with van der Waals surface area (Å²) in [6.07, 6.45) is 3.81. The number of aromatic amines is 1. The quantitative estimate of drug-likeness (QED) is 0.507. The summed E-state index contributed by atoms with van der Waals surface area (Å²) in [6, 6.07) is 6.21. The number of nitrogens with one attached hydrogen (secondary N) is 2. The molecule has 3 rings (SSSR count). The van der Waals surface area contributed by atoms with Crippen LogP contribution in [0.2, 0.25) is 0 Å². The second-order valence-corrected chi connectivity index (χ2v) is 9.43. The molecule has 35 heavy (non-hydrogen) atoms. The highest BCUT2D eigenvalue weighted by molar-refractivity contribution is 5.97. The Labute approximate surface area is 209 Å². The van der Waals surface area contributed by atoms with Gasteiger partial charge in [-0.05, 0) is 76.6 Å². The van der Waals surface area contributed by atoms with Crippen molar-refractivity contribution < 1.29 is 14.3 Å². The van der Waals surface area contributed by atoms with Crippen LogP contribution >= 0.6 is 0 Å². The van der Waals surface area contributed by atoms with E-state index < -0.39 is 0 Å². The van der Waals surface area contributed by atoms with Gasteiger partial charge in [0.15, 0.2) is 0 Å². The van der Waals surface area contributed by atoms with E-state index in [9.17, 15) is 9.59 Å². The van der Waals surface area contributed by atoms with E-state index in [0.29, 0.717) is 22.9 Å². The highest BCUT2D eigenvalue weighted by Gasteiger charge is 2.25. The lowest BCUT2D eigenvalue weighted by atomic mass is 10.00. The topological polar surface area (TPSA) is 83.7 Å². The molecule has 2 N–H and O–H groups in total. The van der Waals surface area contributed by atoms with Crippen molar-refractivity contribution >= 4 is 11.6 Å². The number of rotatable bonds is 10. The average molecular weight is 484 g/mol. The minimum atomic E-state index is -0.207. The summed E-state index contributed by atoms with van der Waals surface area (Å²) in [6.45, 7) is 14.6. The molecule has 0 saturated carbocycles. The number of benzene rings is 1. The van der Waals surface area contributed by atoms with E-state index in [1.807, 2.05) is 32.9 Å². The van der Waals surface area contributed by atoms with Gasteiger partial charge in [-0.2, -0.15) is 0 Å². The van der Waals surface area contributed by atoms with Gasteiger partial charge in [0.2, 0.25) is 0 Å². The van der Waals surface area contributed by atoms with Gasteiger partial charge in [-0.15, -0.1) is 0 Å². The summed E-state index contributed by atoms with van der Waals surface area (Å²) >= 11 is 0. The van der Waals surface area contributed by atoms with Gasteiger partial charge in [-0.25, -0.2) is 0 Å². The Balaban J connectivity index is 1.96. The van der Waals surface area contributed by atoms with Crippen molar-refractivity contribution in [1.82, 2.24) is 10.3 Å². The van der Waals surface area contributed by atoms with E-state index in [2.05, 4.69) is 42.0 Å². The van der Waals surface area contributed by atoms with Crippen LogP contribution in [0.1, 0.15) is 79.2 Å². The normalized spacial score (nSPS) is 14.3. The SMILES string of the molecule is CCC(CC)Oc1cc(C(=O)NCc2c(C)cc(C)[nH]c2=O)c(C)c(N(CC)C2CCOCC2)c1. The minimum absolute atomic E-state index is 0.0911. The molecule has 1 aliphatic rings. The molecule has 2 aromatic rings. The van der Waals surface area contributed by atoms with E-state index in [1.165, 1.54) is 0 Å². The van der Waals surface area contributed by atoms with Crippen molar-refractivity contribution in [1.29, 1.82) is 0 Å². The van der Waals surface area contributed by atoms with Crippen LogP contribution in [-0.2, 0) is 11.3 Å². The second-order valence-electron chi connectivity index (χ2n) is 9.43. The average Bonchev–Trinajstić information content (AvgIpc) is 2.84. The van der Waals surface area contributed by atoms with Crippen LogP contribution in [-0.4, -0.2) is 42.8 Å². The van der Waals surface area contributed by atoms with Crippen LogP contribution < -0.4 is 20.5 Å². The van der Waals surface area contributed by atoms with E-state index in [0.717, 1.165) is 68.0 Å². The minimum Gasteiger partial charge on any atom is -0.490 e. The summed E-state index contributed by atoms with van der Waals surface area (Å²) in [5, 5.41) is 2.98. The van der Waals surface area contributed by atoms with Crippen molar-refractivity contribution in [2.45, 2.75) is 85.9 Å². The summed E-state index contributed by atoms with van der Waals surface area (Å²) in [5.41, 5.74) is 4.61. The fraction of sp³-hybridized carbons (Fsp3) is 0.571. The Morgan fingerprint density at radius 1 is 1.14 bits per heavy atom. The van der Waals surface area contributed by atoms with Gasteiger partial charge in [0.1, 0.15) is 5.75 Å². The van der Waals surface area contributed by atoms with Gasteiger partial charge in [-0.1, -0.05) is 13.8 Å². The van der Waals surface area contributed by atoms with Gasteiger partial charge in [0.05, 0.1) is 6.10 Å². The number of nitrogens with zero attached hydrogens (tertiary/aromatic N) is 1. The second kappa shape index (κ2) is 12.2. The van der Waals surface area contributed by atoms with Crippen LogP contribution in [0.3, 0.4) is 0 Å². The number of amides is 1. The third-order valence-corrected chi connectivity index (χ3v) is 7.01. The summed E-state index contributed by atoms with van der Waals surface area (Å²) in [4.78, 5) is 31.1. The van der Waals surface area contributed by atoms with E-state index >= 15 is 0 Å². The number of hydrogen-bond donors (Lipinski definition) is 2. The molecule has 0 atom stereocenters. The van der Waals surface area contributed by atoms with Crippen molar-refractivity contribution in [3.63, 3.8) is 0 Å². The number of hydrogen-bond acceptors (Lipinski definition) is 5. The lowest BCUT2D eigenvalue weighted by molar-refractivity contribution is 0.0845. The number of aromatic nitrogens is 1. The first-order chi connectivity index (χ1) is 16.8. The van der Waals surface area contributed by atoms with Gasteiger partial charge < -0.3 is 24.7 Å². The van der Waals surface area contributed by atoms with Crippen molar-refractivity contribution in [2.24, 2.45) is 0 Å². The molecule has 1 fully saturated rings. The Kier molecular flexibility index (Phi) is 9.38. The number of H-pyrrole nitrogens is 1. The Hall–Kier alpha value is -2.80. The zero-order valence-electron chi connectivity index (χ0n) is 22.1. The lowest BCUT2D eigenvalue weighted by Crippen LogP contribution is -2.40. The molecule has 1 aliphatic heterocycles. The van der Waals surface area contributed by atoms with Gasteiger partial charge in [0, 0.05) is 60.9 Å². The van der Waals surface area contributed by atoms with Crippen LogP contribution in [0.25, 0.3) is 0 Å². The molecule has 0 spiro atoms. The van der Waals surface area contributed by atoms with Gasteiger partial charge in [-0.3, -0.25) is 9.59 Å². The maximum Gasteiger partial charge on any atom is 0.253 e. The molecular weight excluding hydrogens is 442 g/mol. The first kappa shape index (κ1) is 26.8. The molecule has 2 heterocycles. The molecule has 1 aromatic carbocycles. The zero-order chi connectivity index (χ0) is 25.5. The lowest BCUT2D eigenvalue weighted by Gasteiger charge is -2.37. The fourth-order valence-electron chi connectivity index (χ4n) is 4.91. The van der Waals surface area contributed by atoms with Crippen LogP contribution in [0.4, 0.5) is 5.69 Å². The zero-order valence-corrected chi connectivity index (χ0v) is 22.1. The number of ether oxygens (including phenoxy) is 2. The highest BCUT2D eigenvalue weighted by atomic mass is 16.5. The van der Waals surface area contributed by atoms with Crippen molar-refractivity contribution in [3.05, 3.63) is 56.5 Å². The van der Waals surface area contributed by atoms with Crippen molar-refractivity contribution in [3.8, 4) is 5.75 Å². The Morgan fingerprint density at radius 3 is 2.43 bits per heavy atom. The molecule has 7 heteroatoms. The number of carbonyl (C=O) groups excluding carboxylic acids is 1. The molecule has 1 saturated heterocycles.